The van der Waals surface area contributed by atoms with Crippen molar-refractivity contribution in [2.24, 2.45) is 11.8 Å². The van der Waals surface area contributed by atoms with Gasteiger partial charge in [0.15, 0.2) is 0 Å². The lowest BCUT2D eigenvalue weighted by Gasteiger charge is -2.37. The van der Waals surface area contributed by atoms with Crippen molar-refractivity contribution in [1.29, 1.82) is 0 Å². The second kappa shape index (κ2) is 10.7. The van der Waals surface area contributed by atoms with E-state index in [9.17, 15) is 19.5 Å². The maximum Gasteiger partial charge on any atom is 0.250 e. The van der Waals surface area contributed by atoms with Gasteiger partial charge < -0.3 is 24.5 Å². The summed E-state index contributed by atoms with van der Waals surface area (Å²) >= 11 is 0. The zero-order valence-electron chi connectivity index (χ0n) is 23.7. The van der Waals surface area contributed by atoms with Gasteiger partial charge in [-0.2, -0.15) is 0 Å². The van der Waals surface area contributed by atoms with E-state index in [1.165, 1.54) is 0 Å². The van der Waals surface area contributed by atoms with Crippen LogP contribution >= 0.6 is 0 Å². The molecule has 5 atom stereocenters. The smallest absolute Gasteiger partial charge is 0.250 e. The highest BCUT2D eigenvalue weighted by Gasteiger charge is 2.74. The van der Waals surface area contributed by atoms with Crippen LogP contribution in [0.5, 0.6) is 0 Å². The lowest BCUT2D eigenvalue weighted by molar-refractivity contribution is -0.153. The number of carbonyl (C=O) groups is 3. The Morgan fingerprint density at radius 1 is 0.951 bits per heavy atom. The van der Waals surface area contributed by atoms with Gasteiger partial charge in [-0.3, -0.25) is 14.4 Å². The van der Waals surface area contributed by atoms with Gasteiger partial charge in [-0.05, 0) is 44.7 Å². The number of para-hydroxylation sites is 1. The summed E-state index contributed by atoms with van der Waals surface area (Å²) < 4.78 is 8.56. The molecule has 0 bridgehead atoms. The summed E-state index contributed by atoms with van der Waals surface area (Å²) in [5.41, 5.74) is -0.761. The summed E-state index contributed by atoms with van der Waals surface area (Å²) in [5, 5.41) is 17.8. The number of fused-ring (bicyclic) bond motifs is 3. The summed E-state index contributed by atoms with van der Waals surface area (Å²) in [6.45, 7) is 5.84. The molecule has 0 aliphatic carbocycles. The minimum Gasteiger partial charge on any atom is -0.396 e. The van der Waals surface area contributed by atoms with Crippen LogP contribution in [0.15, 0.2) is 48.6 Å². The average Bonchev–Trinajstić information content (AvgIpc) is 3.49. The fourth-order valence-corrected chi connectivity index (χ4v) is 7.21. The van der Waals surface area contributed by atoms with E-state index >= 15 is 0 Å². The quantitative estimate of drug-likeness (QED) is 0.365. The SMILES string of the molecule is CCCN1CC=C[C@]2(C)O[C@]34C=CCN(Cn5nnc6ccccc65)C(=O)C3N(CCCCCO)C(=O)[C@@H]4[C@@H]2C1=O. The first-order chi connectivity index (χ1) is 19.8. The Balaban J connectivity index is 1.39. The predicted molar refractivity (Wildman–Crippen MR) is 150 cm³/mol. The first kappa shape index (κ1) is 27.6. The molecule has 1 N–H and O–H groups in total. The summed E-state index contributed by atoms with van der Waals surface area (Å²) in [7, 11) is 0. The number of unbranched alkanes of at least 4 members (excludes halogenated alkanes) is 2. The van der Waals surface area contributed by atoms with Crippen LogP contribution in [0.3, 0.4) is 0 Å². The molecule has 0 saturated carbocycles. The van der Waals surface area contributed by atoms with Crippen molar-refractivity contribution in [3.05, 3.63) is 48.6 Å². The van der Waals surface area contributed by atoms with E-state index < -0.39 is 29.1 Å². The molecule has 11 nitrogen and oxygen atoms in total. The van der Waals surface area contributed by atoms with E-state index in [-0.39, 0.29) is 31.0 Å². The zero-order chi connectivity index (χ0) is 28.8. The van der Waals surface area contributed by atoms with Crippen LogP contribution in [0.1, 0.15) is 39.5 Å². The number of amides is 3. The fourth-order valence-electron chi connectivity index (χ4n) is 7.21. The third kappa shape index (κ3) is 4.37. The van der Waals surface area contributed by atoms with Crippen LogP contribution in [0.25, 0.3) is 11.0 Å². The second-order valence-electron chi connectivity index (χ2n) is 11.7. The van der Waals surface area contributed by atoms with Gasteiger partial charge in [0.2, 0.25) is 11.8 Å². The number of aliphatic hydroxyl groups is 1. The van der Waals surface area contributed by atoms with Gasteiger partial charge in [0, 0.05) is 32.8 Å². The molecule has 1 aromatic heterocycles. The van der Waals surface area contributed by atoms with E-state index in [1.54, 1.807) is 19.4 Å². The van der Waals surface area contributed by atoms with Gasteiger partial charge in [0.25, 0.3) is 5.91 Å². The minimum atomic E-state index is -1.28. The molecule has 6 rings (SSSR count). The van der Waals surface area contributed by atoms with Crippen molar-refractivity contribution in [3.8, 4) is 0 Å². The Kier molecular flexibility index (Phi) is 7.19. The maximum atomic E-state index is 14.5. The molecule has 1 spiro atoms. The highest BCUT2D eigenvalue weighted by atomic mass is 16.5. The van der Waals surface area contributed by atoms with E-state index in [0.29, 0.717) is 39.0 Å². The number of likely N-dealkylation sites (tertiary alicyclic amines) is 1. The average molecular weight is 563 g/mol. The second-order valence-corrected chi connectivity index (χ2v) is 11.7. The molecule has 218 valence electrons. The van der Waals surface area contributed by atoms with Crippen LogP contribution in [0, 0.1) is 11.8 Å². The highest BCUT2D eigenvalue weighted by Crippen LogP contribution is 2.57. The predicted octanol–water partition coefficient (Wildman–Crippen LogP) is 1.73. The molecule has 0 radical (unpaired) electrons. The first-order valence-corrected chi connectivity index (χ1v) is 14.7. The number of benzene rings is 1. The van der Waals surface area contributed by atoms with Gasteiger partial charge >= 0.3 is 0 Å². The lowest BCUT2D eigenvalue weighted by atomic mass is 9.74. The summed E-state index contributed by atoms with van der Waals surface area (Å²) in [6, 6.07) is 6.65. The molecule has 2 fully saturated rings. The Hall–Kier alpha value is -3.57. The number of aromatic nitrogens is 3. The Morgan fingerprint density at radius 3 is 2.54 bits per heavy atom. The summed E-state index contributed by atoms with van der Waals surface area (Å²) in [6.07, 6.45) is 10.4. The third-order valence-electron chi connectivity index (χ3n) is 9.00. The highest BCUT2D eigenvalue weighted by molar-refractivity contribution is 6.00. The Labute approximate surface area is 239 Å². The number of ether oxygens (including phenoxy) is 1. The van der Waals surface area contributed by atoms with E-state index in [4.69, 9.17) is 4.74 Å². The zero-order valence-corrected chi connectivity index (χ0v) is 23.7. The van der Waals surface area contributed by atoms with Crippen LogP contribution in [-0.4, -0.2) is 103 Å². The first-order valence-electron chi connectivity index (χ1n) is 14.7. The number of nitrogens with zero attached hydrogens (tertiary/aromatic N) is 6. The summed E-state index contributed by atoms with van der Waals surface area (Å²) in [4.78, 5) is 48.0. The Morgan fingerprint density at radius 2 is 1.73 bits per heavy atom. The van der Waals surface area contributed by atoms with E-state index in [2.05, 4.69) is 10.3 Å². The Bertz CT molecular complexity index is 1400. The maximum absolute atomic E-state index is 14.5. The molecule has 5 heterocycles. The molecule has 1 unspecified atom stereocenters. The molecule has 11 heteroatoms. The molecule has 41 heavy (non-hydrogen) atoms. The lowest BCUT2D eigenvalue weighted by Crippen LogP contribution is -2.56. The van der Waals surface area contributed by atoms with Gasteiger partial charge in [0.1, 0.15) is 23.8 Å². The van der Waals surface area contributed by atoms with Crippen LogP contribution in [0.4, 0.5) is 0 Å². The summed E-state index contributed by atoms with van der Waals surface area (Å²) in [5.74, 6) is -2.13. The number of hydrogen-bond donors (Lipinski definition) is 1. The molecular weight excluding hydrogens is 524 g/mol. The van der Waals surface area contributed by atoms with Crippen molar-refractivity contribution in [2.75, 3.05) is 32.8 Å². The van der Waals surface area contributed by atoms with Crippen LogP contribution in [0.2, 0.25) is 0 Å². The van der Waals surface area contributed by atoms with E-state index in [1.807, 2.05) is 62.4 Å². The minimum absolute atomic E-state index is 0.0723. The van der Waals surface area contributed by atoms with Crippen LogP contribution < -0.4 is 0 Å². The van der Waals surface area contributed by atoms with Gasteiger partial charge in [-0.1, -0.05) is 48.6 Å². The van der Waals surface area contributed by atoms with Crippen LogP contribution in [-0.2, 0) is 25.8 Å². The molecule has 3 amide bonds. The molecule has 4 aliphatic rings. The molecule has 2 saturated heterocycles. The monoisotopic (exact) mass is 562 g/mol. The van der Waals surface area contributed by atoms with Crippen molar-refractivity contribution in [2.45, 2.75) is 63.4 Å². The fraction of sp³-hybridized carbons (Fsp3) is 0.567. The van der Waals surface area contributed by atoms with Gasteiger partial charge in [-0.15, -0.1) is 5.10 Å². The number of hydrogen-bond acceptors (Lipinski definition) is 7. The standard InChI is InChI=1S/C30H38N6O5/c1-3-15-33-16-9-13-29(2)23(26(33)38)24-27(39)35(18-7-4-8-19-37)25-28(40)34(17-10-14-30(24,25)41-29)20-36-22-12-6-5-11-21(22)31-32-36/h5-6,9-14,23-25,37H,3-4,7-8,15-20H2,1-2H3/t23-,24+,25?,29+,30+/m1/s1. The largest absolute Gasteiger partial charge is 0.396 e. The third-order valence-corrected chi connectivity index (χ3v) is 9.00. The van der Waals surface area contributed by atoms with Crippen molar-refractivity contribution < 1.29 is 24.2 Å². The number of rotatable bonds is 9. The van der Waals surface area contributed by atoms with E-state index in [0.717, 1.165) is 23.9 Å². The number of carbonyl (C=O) groups excluding carboxylic acids is 3. The number of aliphatic hydroxyl groups excluding tert-OH is 1. The molecule has 4 aliphatic heterocycles. The van der Waals surface area contributed by atoms with Crippen molar-refractivity contribution in [1.82, 2.24) is 29.7 Å². The van der Waals surface area contributed by atoms with Crippen molar-refractivity contribution in [3.63, 3.8) is 0 Å². The van der Waals surface area contributed by atoms with Crippen molar-refractivity contribution >= 4 is 28.8 Å². The molecule has 2 aromatic rings. The topological polar surface area (TPSA) is 121 Å². The molecule has 1 aromatic carbocycles. The van der Waals surface area contributed by atoms with Gasteiger partial charge in [-0.25, -0.2) is 4.68 Å². The molecular formula is C30H38N6O5. The van der Waals surface area contributed by atoms with Gasteiger partial charge in [0.05, 0.1) is 23.0 Å². The normalized spacial score (nSPS) is 31.0.